The summed E-state index contributed by atoms with van der Waals surface area (Å²) in [5, 5.41) is 6.45. The van der Waals surface area contributed by atoms with Crippen molar-refractivity contribution in [2.45, 2.75) is 32.9 Å². The minimum Gasteiger partial charge on any atom is -0.355 e. The van der Waals surface area contributed by atoms with Crippen molar-refractivity contribution in [3.05, 3.63) is 0 Å². The smallest absolute Gasteiger partial charge is 0.191 e. The Morgan fingerprint density at radius 3 is 2.43 bits per heavy atom. The van der Waals surface area contributed by atoms with Crippen molar-refractivity contribution in [3.63, 3.8) is 0 Å². The number of sulfone groups is 1. The number of hydrogen-bond acceptors (Lipinski definition) is 4. The highest BCUT2D eigenvalue weighted by atomic mass is 127. The molecule has 1 aliphatic rings. The van der Waals surface area contributed by atoms with E-state index in [9.17, 15) is 8.42 Å². The molecule has 126 valence electrons. The standard InChI is InChI=1S/C13H28N4O2S.HI/c1-10(2)17-8-11(3)12(9-17)16-13(14-4)15-6-7-20(5,18)19;/h10-12H,6-9H2,1-5H3,(H2,14,15,16);1H. The van der Waals surface area contributed by atoms with E-state index in [1.807, 2.05) is 0 Å². The van der Waals surface area contributed by atoms with E-state index in [1.54, 1.807) is 7.05 Å². The number of nitrogens with one attached hydrogen (secondary N) is 2. The van der Waals surface area contributed by atoms with Gasteiger partial charge in [0.05, 0.1) is 5.75 Å². The predicted octanol–water partition coefficient (Wildman–Crippen LogP) is 0.543. The number of halogens is 1. The van der Waals surface area contributed by atoms with Crippen LogP contribution in [0.25, 0.3) is 0 Å². The van der Waals surface area contributed by atoms with E-state index >= 15 is 0 Å². The quantitative estimate of drug-likeness (QED) is 0.377. The molecule has 2 N–H and O–H groups in total. The minimum atomic E-state index is -2.94. The average molecular weight is 432 g/mol. The van der Waals surface area contributed by atoms with Crippen LogP contribution in [-0.2, 0) is 9.84 Å². The van der Waals surface area contributed by atoms with E-state index in [0.29, 0.717) is 30.5 Å². The molecule has 1 heterocycles. The Labute approximate surface area is 146 Å². The summed E-state index contributed by atoms with van der Waals surface area (Å²) in [6.45, 7) is 9.08. The zero-order chi connectivity index (χ0) is 15.3. The van der Waals surface area contributed by atoms with Gasteiger partial charge in [-0.3, -0.25) is 9.89 Å². The van der Waals surface area contributed by atoms with Crippen LogP contribution in [-0.4, -0.2) is 70.1 Å². The van der Waals surface area contributed by atoms with E-state index in [2.05, 4.69) is 41.3 Å². The van der Waals surface area contributed by atoms with Crippen LogP contribution in [0.15, 0.2) is 4.99 Å². The largest absolute Gasteiger partial charge is 0.355 e. The third-order valence-electron chi connectivity index (χ3n) is 3.68. The van der Waals surface area contributed by atoms with Gasteiger partial charge in [0.15, 0.2) is 5.96 Å². The molecule has 2 unspecified atom stereocenters. The van der Waals surface area contributed by atoms with Gasteiger partial charge in [0.2, 0.25) is 0 Å². The lowest BCUT2D eigenvalue weighted by Gasteiger charge is -2.21. The van der Waals surface area contributed by atoms with Crippen LogP contribution in [0, 0.1) is 5.92 Å². The van der Waals surface area contributed by atoms with E-state index in [1.165, 1.54) is 6.26 Å². The van der Waals surface area contributed by atoms with Crippen molar-refractivity contribution in [2.24, 2.45) is 10.9 Å². The molecule has 6 nitrogen and oxygen atoms in total. The van der Waals surface area contributed by atoms with E-state index in [4.69, 9.17) is 0 Å². The van der Waals surface area contributed by atoms with E-state index in [0.717, 1.165) is 13.1 Å². The Kier molecular flexibility index (Phi) is 9.10. The minimum absolute atomic E-state index is 0. The summed E-state index contributed by atoms with van der Waals surface area (Å²) in [4.78, 5) is 6.59. The van der Waals surface area contributed by atoms with Crippen molar-refractivity contribution in [2.75, 3.05) is 38.7 Å². The lowest BCUT2D eigenvalue weighted by Crippen LogP contribution is -2.47. The molecule has 1 fully saturated rings. The second-order valence-corrected chi connectivity index (χ2v) is 8.16. The number of rotatable bonds is 5. The van der Waals surface area contributed by atoms with Crippen LogP contribution < -0.4 is 10.6 Å². The Bertz CT molecular complexity index is 439. The number of nitrogens with zero attached hydrogens (tertiary/aromatic N) is 2. The van der Waals surface area contributed by atoms with Gasteiger partial charge in [-0.2, -0.15) is 0 Å². The molecule has 1 saturated heterocycles. The Balaban J connectivity index is 0.00000400. The summed E-state index contributed by atoms with van der Waals surface area (Å²) in [5.74, 6) is 1.34. The second kappa shape index (κ2) is 9.14. The molecule has 0 aliphatic carbocycles. The molecule has 0 bridgehead atoms. The number of likely N-dealkylation sites (tertiary alicyclic amines) is 1. The average Bonchev–Trinajstić information content (AvgIpc) is 2.68. The molecule has 0 aromatic heterocycles. The first-order valence-corrected chi connectivity index (χ1v) is 9.18. The normalized spacial score (nSPS) is 24.0. The van der Waals surface area contributed by atoms with Crippen molar-refractivity contribution in [1.82, 2.24) is 15.5 Å². The van der Waals surface area contributed by atoms with Gasteiger partial charge in [0.25, 0.3) is 0 Å². The first-order valence-electron chi connectivity index (χ1n) is 7.12. The fourth-order valence-corrected chi connectivity index (χ4v) is 2.81. The highest BCUT2D eigenvalue weighted by Crippen LogP contribution is 2.18. The highest BCUT2D eigenvalue weighted by Gasteiger charge is 2.31. The van der Waals surface area contributed by atoms with Crippen LogP contribution in [0.4, 0.5) is 0 Å². The lowest BCUT2D eigenvalue weighted by atomic mass is 10.1. The molecular formula is C13H29IN4O2S. The molecule has 0 amide bonds. The molecule has 21 heavy (non-hydrogen) atoms. The summed E-state index contributed by atoms with van der Waals surface area (Å²) < 4.78 is 22.2. The summed E-state index contributed by atoms with van der Waals surface area (Å²) >= 11 is 0. The van der Waals surface area contributed by atoms with Crippen molar-refractivity contribution >= 4 is 39.8 Å². The summed E-state index contributed by atoms with van der Waals surface area (Å²) in [6.07, 6.45) is 1.24. The third kappa shape index (κ3) is 7.64. The highest BCUT2D eigenvalue weighted by molar-refractivity contribution is 14.0. The Morgan fingerprint density at radius 2 is 2.00 bits per heavy atom. The van der Waals surface area contributed by atoms with Crippen molar-refractivity contribution in [1.29, 1.82) is 0 Å². The molecule has 0 aromatic rings. The molecular weight excluding hydrogens is 403 g/mol. The van der Waals surface area contributed by atoms with Crippen LogP contribution in [0.2, 0.25) is 0 Å². The van der Waals surface area contributed by atoms with Gasteiger partial charge < -0.3 is 10.6 Å². The van der Waals surface area contributed by atoms with E-state index < -0.39 is 9.84 Å². The SMILES string of the molecule is CN=C(NCCS(C)(=O)=O)NC1CN(C(C)C)CC1C.I. The molecule has 1 aliphatic heterocycles. The molecule has 8 heteroatoms. The number of guanidine groups is 1. The zero-order valence-electron chi connectivity index (χ0n) is 13.6. The fourth-order valence-electron chi connectivity index (χ4n) is 2.34. The van der Waals surface area contributed by atoms with E-state index in [-0.39, 0.29) is 29.7 Å². The number of hydrogen-bond donors (Lipinski definition) is 2. The lowest BCUT2D eigenvalue weighted by molar-refractivity contribution is 0.265. The fraction of sp³-hybridized carbons (Fsp3) is 0.923. The zero-order valence-corrected chi connectivity index (χ0v) is 16.7. The van der Waals surface area contributed by atoms with Gasteiger partial charge in [-0.05, 0) is 19.8 Å². The van der Waals surface area contributed by atoms with Crippen LogP contribution >= 0.6 is 24.0 Å². The van der Waals surface area contributed by atoms with Crippen LogP contribution in [0.3, 0.4) is 0 Å². The molecule has 1 rings (SSSR count). The Hall–Kier alpha value is -0.0900. The maximum Gasteiger partial charge on any atom is 0.191 e. The molecule has 2 atom stereocenters. The third-order valence-corrected chi connectivity index (χ3v) is 4.63. The van der Waals surface area contributed by atoms with Gasteiger partial charge in [0, 0.05) is 45.0 Å². The molecule has 0 radical (unpaired) electrons. The van der Waals surface area contributed by atoms with Crippen molar-refractivity contribution in [3.8, 4) is 0 Å². The maximum absolute atomic E-state index is 11.1. The number of aliphatic imine (C=N–C) groups is 1. The van der Waals surface area contributed by atoms with Crippen molar-refractivity contribution < 1.29 is 8.42 Å². The molecule has 0 aromatic carbocycles. The van der Waals surface area contributed by atoms with Gasteiger partial charge in [0.1, 0.15) is 9.84 Å². The van der Waals surface area contributed by atoms with Crippen LogP contribution in [0.5, 0.6) is 0 Å². The monoisotopic (exact) mass is 432 g/mol. The first kappa shape index (κ1) is 20.9. The summed E-state index contributed by atoms with van der Waals surface area (Å²) in [7, 11) is -1.24. The van der Waals surface area contributed by atoms with Gasteiger partial charge in [-0.1, -0.05) is 6.92 Å². The van der Waals surface area contributed by atoms with Gasteiger partial charge in [-0.25, -0.2) is 8.42 Å². The summed E-state index contributed by atoms with van der Waals surface area (Å²) in [6, 6.07) is 0.895. The maximum atomic E-state index is 11.1. The summed E-state index contributed by atoms with van der Waals surface area (Å²) in [5.41, 5.74) is 0. The second-order valence-electron chi connectivity index (χ2n) is 5.90. The van der Waals surface area contributed by atoms with Crippen LogP contribution in [0.1, 0.15) is 20.8 Å². The molecule has 0 spiro atoms. The first-order chi connectivity index (χ1) is 9.23. The van der Waals surface area contributed by atoms with Gasteiger partial charge >= 0.3 is 0 Å². The predicted molar refractivity (Wildman–Crippen MR) is 99.3 cm³/mol. The molecule has 0 saturated carbocycles. The van der Waals surface area contributed by atoms with Gasteiger partial charge in [-0.15, -0.1) is 24.0 Å². The topological polar surface area (TPSA) is 73.8 Å². The Morgan fingerprint density at radius 1 is 1.38 bits per heavy atom.